The molecule has 6 nitrogen and oxygen atoms in total. The molecule has 0 N–H and O–H groups in total. The summed E-state index contributed by atoms with van der Waals surface area (Å²) >= 11 is 0. The van der Waals surface area contributed by atoms with Crippen molar-refractivity contribution in [3.8, 4) is 0 Å². The van der Waals surface area contributed by atoms with Crippen molar-refractivity contribution >= 4 is 5.95 Å². The molecule has 0 bridgehead atoms. The summed E-state index contributed by atoms with van der Waals surface area (Å²) in [6, 6.07) is 2.60. The maximum atomic E-state index is 5.21. The Bertz CT molecular complexity index is 668. The van der Waals surface area contributed by atoms with Crippen molar-refractivity contribution in [3.63, 3.8) is 0 Å². The Morgan fingerprint density at radius 2 is 1.96 bits per heavy atom. The molecule has 0 spiro atoms. The van der Waals surface area contributed by atoms with Gasteiger partial charge in [0, 0.05) is 44.1 Å². The highest BCUT2D eigenvalue weighted by molar-refractivity contribution is 5.31. The quantitative estimate of drug-likeness (QED) is 0.865. The molecular weight excluding hydrogens is 290 g/mol. The molecule has 23 heavy (non-hydrogen) atoms. The molecule has 2 aromatic heterocycles. The molecule has 2 saturated heterocycles. The van der Waals surface area contributed by atoms with E-state index in [1.807, 2.05) is 32.3 Å². The fourth-order valence-corrected chi connectivity index (χ4v) is 3.86. The van der Waals surface area contributed by atoms with Crippen LogP contribution in [0.25, 0.3) is 0 Å². The van der Waals surface area contributed by atoms with Crippen LogP contribution in [0.1, 0.15) is 29.9 Å². The van der Waals surface area contributed by atoms with Crippen molar-refractivity contribution in [2.45, 2.75) is 39.3 Å². The second-order valence-electron chi connectivity index (χ2n) is 6.81. The molecule has 0 amide bonds. The predicted molar refractivity (Wildman–Crippen MR) is 87.1 cm³/mol. The van der Waals surface area contributed by atoms with E-state index in [2.05, 4.69) is 24.9 Å². The molecule has 2 aromatic rings. The molecule has 0 aliphatic carbocycles. The van der Waals surface area contributed by atoms with E-state index in [-0.39, 0.29) is 0 Å². The van der Waals surface area contributed by atoms with Gasteiger partial charge in [0.05, 0.1) is 5.69 Å². The van der Waals surface area contributed by atoms with E-state index in [9.17, 15) is 0 Å². The molecule has 2 aliphatic heterocycles. The Hall–Kier alpha value is -1.95. The third-order valence-corrected chi connectivity index (χ3v) is 5.07. The van der Waals surface area contributed by atoms with Gasteiger partial charge in [0.25, 0.3) is 0 Å². The highest BCUT2D eigenvalue weighted by atomic mass is 16.5. The number of hydrogen-bond acceptors (Lipinski definition) is 6. The van der Waals surface area contributed by atoms with Crippen molar-refractivity contribution in [3.05, 3.63) is 35.5 Å². The molecular formula is C17H23N5O. The van der Waals surface area contributed by atoms with E-state index >= 15 is 0 Å². The van der Waals surface area contributed by atoms with Gasteiger partial charge in [-0.1, -0.05) is 5.16 Å². The van der Waals surface area contributed by atoms with Crippen LogP contribution in [0.15, 0.2) is 23.0 Å². The molecule has 2 fully saturated rings. The Morgan fingerprint density at radius 1 is 1.17 bits per heavy atom. The maximum absolute atomic E-state index is 5.21. The molecule has 0 aromatic carbocycles. The molecule has 4 heterocycles. The number of fused-ring (bicyclic) bond motifs is 1. The highest BCUT2D eigenvalue weighted by Gasteiger charge is 2.39. The third kappa shape index (κ3) is 2.95. The number of aryl methyl sites for hydroxylation is 2. The first-order valence-electron chi connectivity index (χ1n) is 8.39. The first-order valence-corrected chi connectivity index (χ1v) is 8.39. The molecule has 4 rings (SSSR count). The van der Waals surface area contributed by atoms with Crippen LogP contribution < -0.4 is 4.90 Å². The minimum Gasteiger partial charge on any atom is -0.361 e. The normalized spacial score (nSPS) is 24.9. The molecule has 0 saturated carbocycles. The van der Waals surface area contributed by atoms with Crippen LogP contribution >= 0.6 is 0 Å². The van der Waals surface area contributed by atoms with Crippen molar-refractivity contribution in [2.24, 2.45) is 5.92 Å². The van der Waals surface area contributed by atoms with Gasteiger partial charge in [-0.05, 0) is 44.7 Å². The second-order valence-corrected chi connectivity index (χ2v) is 6.81. The summed E-state index contributed by atoms with van der Waals surface area (Å²) in [4.78, 5) is 13.9. The van der Waals surface area contributed by atoms with Crippen molar-refractivity contribution in [1.82, 2.24) is 20.0 Å². The summed E-state index contributed by atoms with van der Waals surface area (Å²) in [6.07, 6.45) is 6.30. The van der Waals surface area contributed by atoms with Gasteiger partial charge in [-0.3, -0.25) is 4.90 Å². The summed E-state index contributed by atoms with van der Waals surface area (Å²) in [5, 5.41) is 4.15. The first kappa shape index (κ1) is 14.6. The third-order valence-electron chi connectivity index (χ3n) is 5.07. The van der Waals surface area contributed by atoms with E-state index in [0.717, 1.165) is 55.1 Å². The van der Waals surface area contributed by atoms with Gasteiger partial charge < -0.3 is 9.42 Å². The van der Waals surface area contributed by atoms with Crippen molar-refractivity contribution in [1.29, 1.82) is 0 Å². The molecule has 2 unspecified atom stereocenters. The zero-order valence-electron chi connectivity index (χ0n) is 13.8. The average molecular weight is 313 g/mol. The summed E-state index contributed by atoms with van der Waals surface area (Å²) in [5.41, 5.74) is 2.14. The molecule has 0 radical (unpaired) electrons. The minimum absolute atomic E-state index is 0.561. The number of aromatic nitrogens is 3. The van der Waals surface area contributed by atoms with E-state index in [1.165, 1.54) is 12.8 Å². The standard InChI is InChI=1S/C17H23N5O/c1-12-8-18-17(19-9-12)22-6-4-14-3-5-21(16(14)11-22)10-15-7-13(2)23-20-15/h7-9,14,16H,3-6,10-11H2,1-2H3. The van der Waals surface area contributed by atoms with Crippen LogP contribution in [0.4, 0.5) is 5.95 Å². The smallest absolute Gasteiger partial charge is 0.225 e. The average Bonchev–Trinajstić information content (AvgIpc) is 3.15. The van der Waals surface area contributed by atoms with Crippen LogP contribution in [0.2, 0.25) is 0 Å². The molecule has 6 heteroatoms. The lowest BCUT2D eigenvalue weighted by atomic mass is 9.92. The van der Waals surface area contributed by atoms with Crippen LogP contribution in [0.3, 0.4) is 0 Å². The number of rotatable bonds is 3. The van der Waals surface area contributed by atoms with Gasteiger partial charge in [-0.15, -0.1) is 0 Å². The van der Waals surface area contributed by atoms with Crippen LogP contribution in [-0.4, -0.2) is 45.7 Å². The van der Waals surface area contributed by atoms with Gasteiger partial charge in [0.1, 0.15) is 5.76 Å². The van der Waals surface area contributed by atoms with Crippen LogP contribution in [0.5, 0.6) is 0 Å². The highest BCUT2D eigenvalue weighted by Crippen LogP contribution is 2.33. The predicted octanol–water partition coefficient (Wildman–Crippen LogP) is 2.18. The van der Waals surface area contributed by atoms with E-state index in [1.54, 1.807) is 0 Å². The SMILES string of the molecule is Cc1cnc(N2CCC3CCN(Cc4cc(C)on4)C3C2)nc1. The lowest BCUT2D eigenvalue weighted by molar-refractivity contribution is 0.195. The first-order chi connectivity index (χ1) is 11.2. The Kier molecular flexibility index (Phi) is 3.77. The van der Waals surface area contributed by atoms with Gasteiger partial charge in [0.15, 0.2) is 0 Å². The zero-order valence-corrected chi connectivity index (χ0v) is 13.8. The Labute approximate surface area is 136 Å². The van der Waals surface area contributed by atoms with Gasteiger partial charge in [0.2, 0.25) is 5.95 Å². The fourth-order valence-electron chi connectivity index (χ4n) is 3.86. The molecule has 122 valence electrons. The Morgan fingerprint density at radius 3 is 2.70 bits per heavy atom. The van der Waals surface area contributed by atoms with Gasteiger partial charge >= 0.3 is 0 Å². The fraction of sp³-hybridized carbons (Fsp3) is 0.588. The van der Waals surface area contributed by atoms with Crippen LogP contribution in [-0.2, 0) is 6.54 Å². The topological polar surface area (TPSA) is 58.3 Å². The largest absolute Gasteiger partial charge is 0.361 e. The van der Waals surface area contributed by atoms with Gasteiger partial charge in [-0.25, -0.2) is 9.97 Å². The Balaban J connectivity index is 1.47. The lowest BCUT2D eigenvalue weighted by Crippen LogP contribution is -2.48. The van der Waals surface area contributed by atoms with Crippen molar-refractivity contribution in [2.75, 3.05) is 24.5 Å². The lowest BCUT2D eigenvalue weighted by Gasteiger charge is -2.38. The summed E-state index contributed by atoms with van der Waals surface area (Å²) in [6.45, 7) is 8.05. The van der Waals surface area contributed by atoms with E-state index in [0.29, 0.717) is 6.04 Å². The number of likely N-dealkylation sites (tertiary alicyclic amines) is 1. The monoisotopic (exact) mass is 313 g/mol. The van der Waals surface area contributed by atoms with E-state index < -0.39 is 0 Å². The summed E-state index contributed by atoms with van der Waals surface area (Å²) < 4.78 is 5.21. The number of anilines is 1. The van der Waals surface area contributed by atoms with Crippen molar-refractivity contribution < 1.29 is 4.52 Å². The molecule has 2 aliphatic rings. The van der Waals surface area contributed by atoms with Gasteiger partial charge in [-0.2, -0.15) is 0 Å². The summed E-state index contributed by atoms with van der Waals surface area (Å²) in [5.74, 6) is 2.52. The van der Waals surface area contributed by atoms with E-state index in [4.69, 9.17) is 4.52 Å². The summed E-state index contributed by atoms with van der Waals surface area (Å²) in [7, 11) is 0. The maximum Gasteiger partial charge on any atom is 0.225 e. The zero-order chi connectivity index (χ0) is 15.8. The number of nitrogens with zero attached hydrogens (tertiary/aromatic N) is 5. The minimum atomic E-state index is 0.561. The number of piperidine rings is 1. The number of hydrogen-bond donors (Lipinski definition) is 0. The molecule has 2 atom stereocenters. The van der Waals surface area contributed by atoms with Crippen LogP contribution in [0, 0.1) is 19.8 Å². The second kappa shape index (κ2) is 5.92.